The number of rotatable bonds is 9. The minimum absolute atomic E-state index is 0.0135. The molecule has 4 aliphatic carbocycles. The van der Waals surface area contributed by atoms with Crippen molar-refractivity contribution in [1.29, 1.82) is 0 Å². The Bertz CT molecular complexity index is 1400. The molecule has 1 aromatic rings. The highest BCUT2D eigenvalue weighted by molar-refractivity contribution is 5.95. The van der Waals surface area contributed by atoms with Crippen molar-refractivity contribution in [3.8, 4) is 0 Å². The Morgan fingerprint density at radius 1 is 1.00 bits per heavy atom. The normalized spacial score (nSPS) is 33.0. The van der Waals surface area contributed by atoms with Gasteiger partial charge in [-0.25, -0.2) is 4.79 Å². The van der Waals surface area contributed by atoms with Gasteiger partial charge in [0, 0.05) is 37.1 Å². The van der Waals surface area contributed by atoms with Gasteiger partial charge >= 0.3 is 11.9 Å². The highest BCUT2D eigenvalue weighted by Gasteiger charge is 2.68. The Morgan fingerprint density at radius 3 is 2.42 bits per heavy atom. The first-order valence-corrected chi connectivity index (χ1v) is 15.1. The zero-order valence-electron chi connectivity index (χ0n) is 24.6. The Hall–Kier alpha value is -3.66. The lowest BCUT2D eigenvalue weighted by molar-refractivity contribution is -0.173. The topological polar surface area (TPSA) is 164 Å². The van der Waals surface area contributed by atoms with Gasteiger partial charge in [0.05, 0.1) is 12.0 Å². The first-order chi connectivity index (χ1) is 20.3. The Balaban J connectivity index is 1.14. The van der Waals surface area contributed by atoms with Gasteiger partial charge in [-0.1, -0.05) is 31.6 Å². The van der Waals surface area contributed by atoms with E-state index in [0.717, 1.165) is 18.4 Å². The fourth-order valence-electron chi connectivity index (χ4n) is 8.45. The zero-order valence-corrected chi connectivity index (χ0v) is 24.6. The summed E-state index contributed by atoms with van der Waals surface area (Å²) in [7, 11) is 0. The second-order valence-corrected chi connectivity index (χ2v) is 13.2. The number of aliphatic hydroxyl groups is 1. The van der Waals surface area contributed by atoms with E-state index in [1.165, 1.54) is 12.1 Å². The average molecular weight is 594 g/mol. The second-order valence-electron chi connectivity index (χ2n) is 13.2. The number of Topliss-reactive ketones (excluding diaryl/α,β-unsaturated/α-hetero) is 2. The van der Waals surface area contributed by atoms with Crippen molar-refractivity contribution in [2.24, 2.45) is 28.6 Å². The number of esters is 1. The third-order valence-electron chi connectivity index (χ3n) is 10.9. The molecule has 0 unspecified atom stereocenters. The summed E-state index contributed by atoms with van der Waals surface area (Å²) >= 11 is 0. The number of carboxylic acids is 1. The van der Waals surface area contributed by atoms with Crippen LogP contribution in [0.15, 0.2) is 35.9 Å². The van der Waals surface area contributed by atoms with Gasteiger partial charge in [-0.2, -0.15) is 0 Å². The molecular weight excluding hydrogens is 554 g/mol. The van der Waals surface area contributed by atoms with Crippen molar-refractivity contribution in [1.82, 2.24) is 5.32 Å². The van der Waals surface area contributed by atoms with E-state index in [4.69, 9.17) is 9.84 Å². The maximum atomic E-state index is 13.7. The number of benzene rings is 1. The van der Waals surface area contributed by atoms with Crippen LogP contribution in [-0.2, 0) is 35.3 Å². The lowest BCUT2D eigenvalue weighted by atomic mass is 9.46. The first kappa shape index (κ1) is 30.8. The second kappa shape index (κ2) is 11.4. The molecule has 230 valence electrons. The van der Waals surface area contributed by atoms with Crippen LogP contribution in [0, 0.1) is 28.6 Å². The molecule has 0 heterocycles. The molecule has 6 atom stereocenters. The fraction of sp³-hybridized carbons (Fsp3) is 0.576. The minimum Gasteiger partial charge on any atom is -0.478 e. The van der Waals surface area contributed by atoms with Gasteiger partial charge in [0.1, 0.15) is 11.4 Å². The standard InChI is InChI=1S/C33H39NO9/c1-31-13-11-22(35)15-21(31)7-8-23-24-12-14-33(42,32(24,2)16-25(36)29(23)31)26(37)18-43-28(39)10-9-27(38)34-17-19-3-5-20(6-4-19)30(40)41/h3-6,15,23-24,29,42H,7-14,16-18H2,1-2H3,(H,34,38)(H,40,41)/t23-,24-,29+,31-,32-,33-/m0/s1. The van der Waals surface area contributed by atoms with Crippen LogP contribution in [0.1, 0.15) is 87.6 Å². The molecule has 0 aromatic heterocycles. The molecule has 0 saturated heterocycles. The summed E-state index contributed by atoms with van der Waals surface area (Å²) < 4.78 is 5.18. The van der Waals surface area contributed by atoms with Gasteiger partial charge in [0.2, 0.25) is 11.7 Å². The summed E-state index contributed by atoms with van der Waals surface area (Å²) in [6, 6.07) is 6.04. The molecule has 3 N–H and O–H groups in total. The number of ether oxygens (including phenoxy) is 1. The van der Waals surface area contributed by atoms with E-state index in [9.17, 15) is 33.9 Å². The van der Waals surface area contributed by atoms with Crippen molar-refractivity contribution < 1.29 is 43.7 Å². The van der Waals surface area contributed by atoms with Crippen molar-refractivity contribution in [3.05, 3.63) is 47.0 Å². The van der Waals surface area contributed by atoms with Crippen LogP contribution in [0.3, 0.4) is 0 Å². The molecule has 0 spiro atoms. The van der Waals surface area contributed by atoms with Gasteiger partial charge in [-0.05, 0) is 73.1 Å². The number of amides is 1. The quantitative estimate of drug-likeness (QED) is 0.364. The maximum absolute atomic E-state index is 13.7. The van der Waals surface area contributed by atoms with E-state index in [0.29, 0.717) is 24.8 Å². The van der Waals surface area contributed by atoms with Crippen LogP contribution in [0.2, 0.25) is 0 Å². The number of carbonyl (C=O) groups excluding carboxylic acids is 5. The van der Waals surface area contributed by atoms with Gasteiger partial charge in [-0.3, -0.25) is 24.0 Å². The Kier molecular flexibility index (Phi) is 8.19. The maximum Gasteiger partial charge on any atom is 0.335 e. The molecule has 3 fully saturated rings. The summed E-state index contributed by atoms with van der Waals surface area (Å²) in [5.41, 5.74) is -1.25. The van der Waals surface area contributed by atoms with Gasteiger partial charge < -0.3 is 20.3 Å². The number of aromatic carboxylic acids is 1. The summed E-state index contributed by atoms with van der Waals surface area (Å²) in [6.45, 7) is 3.43. The van der Waals surface area contributed by atoms with Gasteiger partial charge in [0.25, 0.3) is 0 Å². The fourth-order valence-corrected chi connectivity index (χ4v) is 8.45. The molecule has 4 aliphatic rings. The minimum atomic E-state index is -1.80. The van der Waals surface area contributed by atoms with Crippen LogP contribution in [0.4, 0.5) is 0 Å². The Morgan fingerprint density at radius 2 is 1.72 bits per heavy atom. The monoisotopic (exact) mass is 593 g/mol. The lowest BCUT2D eigenvalue weighted by Gasteiger charge is -2.57. The largest absolute Gasteiger partial charge is 0.478 e. The molecule has 0 aliphatic heterocycles. The van der Waals surface area contributed by atoms with Crippen molar-refractivity contribution in [2.45, 2.75) is 83.8 Å². The number of carbonyl (C=O) groups is 6. The van der Waals surface area contributed by atoms with E-state index in [1.807, 2.05) is 6.92 Å². The molecular formula is C33H39NO9. The van der Waals surface area contributed by atoms with E-state index >= 15 is 0 Å². The zero-order chi connectivity index (χ0) is 31.2. The van der Waals surface area contributed by atoms with Crippen LogP contribution in [0.5, 0.6) is 0 Å². The van der Waals surface area contributed by atoms with Crippen LogP contribution >= 0.6 is 0 Å². The summed E-state index contributed by atoms with van der Waals surface area (Å²) in [5, 5.41) is 23.4. The van der Waals surface area contributed by atoms with Crippen molar-refractivity contribution >= 4 is 35.2 Å². The summed E-state index contributed by atoms with van der Waals surface area (Å²) in [5.74, 6) is -2.95. The molecule has 0 bridgehead atoms. The Labute approximate surface area is 250 Å². The lowest BCUT2D eigenvalue weighted by Crippen LogP contribution is -2.61. The molecule has 5 rings (SSSR count). The number of nitrogens with one attached hydrogen (secondary N) is 1. The highest BCUT2D eigenvalue weighted by atomic mass is 16.5. The van der Waals surface area contributed by atoms with Crippen molar-refractivity contribution in [2.75, 3.05) is 6.61 Å². The van der Waals surface area contributed by atoms with Gasteiger partial charge in [0.15, 0.2) is 12.4 Å². The summed E-state index contributed by atoms with van der Waals surface area (Å²) in [6.07, 6.45) is 4.69. The molecule has 43 heavy (non-hydrogen) atoms. The number of hydrogen-bond donors (Lipinski definition) is 3. The number of ketones is 3. The SMILES string of the molecule is C[C@]12CCC(=O)C=C1CC[C@@H]1[C@@H]2C(=O)C[C@@]2(C)[C@H]1CC[C@]2(O)C(=O)COC(=O)CCC(=O)NCc1ccc(C(=O)O)cc1. The average Bonchev–Trinajstić information content (AvgIpc) is 3.24. The first-order valence-electron chi connectivity index (χ1n) is 15.1. The van der Waals surface area contributed by atoms with E-state index in [-0.39, 0.29) is 72.5 Å². The molecule has 10 nitrogen and oxygen atoms in total. The molecule has 1 amide bonds. The third-order valence-corrected chi connectivity index (χ3v) is 10.9. The molecule has 3 saturated carbocycles. The predicted octanol–water partition coefficient (Wildman–Crippen LogP) is 3.34. The number of carboxylic acid groups (broad SMARTS) is 1. The third kappa shape index (κ3) is 5.46. The van der Waals surface area contributed by atoms with Crippen molar-refractivity contribution in [3.63, 3.8) is 0 Å². The molecule has 0 radical (unpaired) electrons. The number of allylic oxidation sites excluding steroid dienone is 1. The van der Waals surface area contributed by atoms with Crippen LogP contribution < -0.4 is 5.32 Å². The van der Waals surface area contributed by atoms with E-state index in [2.05, 4.69) is 12.2 Å². The smallest absolute Gasteiger partial charge is 0.335 e. The van der Waals surface area contributed by atoms with Gasteiger partial charge in [-0.15, -0.1) is 0 Å². The van der Waals surface area contributed by atoms with E-state index in [1.54, 1.807) is 18.2 Å². The van der Waals surface area contributed by atoms with Crippen LogP contribution in [0.25, 0.3) is 0 Å². The predicted molar refractivity (Wildman–Crippen MR) is 152 cm³/mol. The summed E-state index contributed by atoms with van der Waals surface area (Å²) in [4.78, 5) is 74.7. The van der Waals surface area contributed by atoms with E-state index < -0.39 is 41.3 Å². The molecule has 1 aromatic carbocycles. The number of fused-ring (bicyclic) bond motifs is 5. The van der Waals surface area contributed by atoms with Crippen LogP contribution in [-0.4, -0.2) is 57.6 Å². The highest BCUT2D eigenvalue weighted by Crippen LogP contribution is 2.66. The number of hydrogen-bond acceptors (Lipinski definition) is 8. The molecule has 10 heteroatoms.